The van der Waals surface area contributed by atoms with Gasteiger partial charge in [0.05, 0.1) is 28.5 Å². The number of pyridine rings is 1. The molecule has 0 saturated carbocycles. The van der Waals surface area contributed by atoms with Gasteiger partial charge in [-0.15, -0.1) is 0 Å². The lowest BCUT2D eigenvalue weighted by atomic mass is 10.1. The normalized spacial score (nSPS) is 10.9. The molecule has 2 aromatic carbocycles. The monoisotopic (exact) mass is 499 g/mol. The maximum Gasteiger partial charge on any atom is 0.214 e. The third kappa shape index (κ3) is 4.21. The van der Waals surface area contributed by atoms with E-state index in [1.807, 2.05) is 0 Å². The van der Waals surface area contributed by atoms with E-state index in [0.717, 1.165) is 17.7 Å². The quantitative estimate of drug-likeness (QED) is 0.420. The van der Waals surface area contributed by atoms with Crippen LogP contribution < -0.4 is 14.9 Å². The molecule has 0 bridgehead atoms. The van der Waals surface area contributed by atoms with Crippen LogP contribution in [0.1, 0.15) is 5.56 Å². The fraction of sp³-hybridized carbons (Fsp3) is 0.190. The summed E-state index contributed by atoms with van der Waals surface area (Å²) in [6.45, 7) is 1.82. The second-order valence-corrected chi connectivity index (χ2v) is 7.54. The van der Waals surface area contributed by atoms with Crippen LogP contribution in [0.15, 0.2) is 45.8 Å². The predicted octanol–water partition coefficient (Wildman–Crippen LogP) is 5.50. The second-order valence-electron chi connectivity index (χ2n) is 6.30. The number of rotatable bonds is 6. The molecule has 0 aliphatic rings. The summed E-state index contributed by atoms with van der Waals surface area (Å²) < 4.78 is 46.7. The van der Waals surface area contributed by atoms with Crippen molar-refractivity contribution in [1.29, 1.82) is 0 Å². The van der Waals surface area contributed by atoms with E-state index in [1.165, 1.54) is 25.0 Å². The van der Waals surface area contributed by atoms with Crippen molar-refractivity contribution in [2.45, 2.75) is 6.92 Å². The van der Waals surface area contributed by atoms with Crippen molar-refractivity contribution in [3.05, 3.63) is 73.4 Å². The van der Waals surface area contributed by atoms with E-state index in [4.69, 9.17) is 25.8 Å². The van der Waals surface area contributed by atoms with Crippen molar-refractivity contribution in [1.82, 2.24) is 4.57 Å². The Kier molecular flexibility index (Phi) is 6.80. The van der Waals surface area contributed by atoms with E-state index < -0.39 is 22.6 Å². The summed E-state index contributed by atoms with van der Waals surface area (Å²) in [6, 6.07) is 7.20. The summed E-state index contributed by atoms with van der Waals surface area (Å²) in [4.78, 5) is 12.5. The van der Waals surface area contributed by atoms with Gasteiger partial charge in [0.2, 0.25) is 5.43 Å². The van der Waals surface area contributed by atoms with Gasteiger partial charge >= 0.3 is 0 Å². The molecule has 0 unspecified atom stereocenters. The van der Waals surface area contributed by atoms with Gasteiger partial charge in [0.1, 0.15) is 28.2 Å². The largest absolute Gasteiger partial charge is 0.497 e. The average Bonchev–Trinajstić information content (AvgIpc) is 2.72. The van der Waals surface area contributed by atoms with Gasteiger partial charge < -0.3 is 18.8 Å². The summed E-state index contributed by atoms with van der Waals surface area (Å²) in [7, 11) is 2.78. The van der Waals surface area contributed by atoms with Gasteiger partial charge in [-0.25, -0.2) is 8.78 Å². The molecule has 1 heterocycles. The maximum atomic E-state index is 14.9. The minimum absolute atomic E-state index is 0.00187. The topological polar surface area (TPSA) is 49.7 Å². The maximum absolute atomic E-state index is 14.9. The average molecular weight is 501 g/mol. The number of methoxy groups -OCH3 is 2. The zero-order valence-corrected chi connectivity index (χ0v) is 18.6. The molecule has 0 saturated heterocycles. The van der Waals surface area contributed by atoms with Crippen molar-refractivity contribution >= 4 is 27.5 Å². The Balaban J connectivity index is 2.35. The molecule has 0 aliphatic carbocycles. The summed E-state index contributed by atoms with van der Waals surface area (Å²) in [5.74, 6) is -1.38. The van der Waals surface area contributed by atoms with Gasteiger partial charge in [-0.3, -0.25) is 4.79 Å². The molecule has 9 heteroatoms. The number of halogens is 4. The molecule has 3 aromatic rings. The van der Waals surface area contributed by atoms with Gasteiger partial charge in [0, 0.05) is 31.5 Å². The minimum Gasteiger partial charge on any atom is -0.497 e. The highest BCUT2D eigenvalue weighted by atomic mass is 79.9. The Morgan fingerprint density at radius 1 is 1.10 bits per heavy atom. The number of aromatic nitrogens is 1. The number of ether oxygens (including phenoxy) is 3. The summed E-state index contributed by atoms with van der Waals surface area (Å²) in [5, 5.41) is -0.338. The molecule has 0 atom stereocenters. The zero-order chi connectivity index (χ0) is 22.0. The molecule has 0 fully saturated rings. The third-order valence-corrected chi connectivity index (χ3v) is 5.29. The molecule has 0 amide bonds. The van der Waals surface area contributed by atoms with Crippen LogP contribution in [0.25, 0.3) is 16.9 Å². The lowest BCUT2D eigenvalue weighted by Crippen LogP contribution is -2.14. The molecule has 0 radical (unpaired) electrons. The number of hydrogen-bond acceptors (Lipinski definition) is 4. The molecular weight excluding hydrogens is 484 g/mol. The van der Waals surface area contributed by atoms with Crippen molar-refractivity contribution in [3.63, 3.8) is 0 Å². The second kappa shape index (κ2) is 9.16. The van der Waals surface area contributed by atoms with Crippen molar-refractivity contribution < 1.29 is 23.0 Å². The van der Waals surface area contributed by atoms with Crippen molar-refractivity contribution in [3.8, 4) is 28.4 Å². The van der Waals surface area contributed by atoms with E-state index in [-0.39, 0.29) is 27.7 Å². The van der Waals surface area contributed by atoms with Gasteiger partial charge in [0.15, 0.2) is 6.79 Å². The molecule has 30 heavy (non-hydrogen) atoms. The first-order valence-corrected chi connectivity index (χ1v) is 9.82. The SMILES string of the molecule is COCOc1ccc(C)c(-n2cc(Br)c(=O)c(Cl)c2-c2c(F)cc(OC)cc2F)c1. The summed E-state index contributed by atoms with van der Waals surface area (Å²) >= 11 is 9.47. The Morgan fingerprint density at radius 3 is 2.37 bits per heavy atom. The van der Waals surface area contributed by atoms with Crippen molar-refractivity contribution in [2.24, 2.45) is 0 Å². The smallest absolute Gasteiger partial charge is 0.214 e. The van der Waals surface area contributed by atoms with Crippen LogP contribution in [-0.4, -0.2) is 25.6 Å². The predicted molar refractivity (Wildman–Crippen MR) is 114 cm³/mol. The van der Waals surface area contributed by atoms with Gasteiger partial charge in [-0.05, 0) is 34.5 Å². The number of benzene rings is 2. The van der Waals surface area contributed by atoms with Crippen LogP contribution in [-0.2, 0) is 4.74 Å². The van der Waals surface area contributed by atoms with Crippen LogP contribution in [0, 0.1) is 18.6 Å². The zero-order valence-electron chi connectivity index (χ0n) is 16.3. The van der Waals surface area contributed by atoms with Crippen LogP contribution in [0.5, 0.6) is 11.5 Å². The van der Waals surface area contributed by atoms with Crippen LogP contribution in [0.3, 0.4) is 0 Å². The highest BCUT2D eigenvalue weighted by Crippen LogP contribution is 2.36. The summed E-state index contributed by atoms with van der Waals surface area (Å²) in [6.07, 6.45) is 1.41. The number of hydrogen-bond donors (Lipinski definition) is 0. The Morgan fingerprint density at radius 2 is 1.77 bits per heavy atom. The first-order chi connectivity index (χ1) is 14.3. The highest BCUT2D eigenvalue weighted by Gasteiger charge is 2.24. The van der Waals surface area contributed by atoms with Crippen LogP contribution >= 0.6 is 27.5 Å². The molecular formula is C21H17BrClF2NO4. The fourth-order valence-corrected chi connectivity index (χ4v) is 3.74. The van der Waals surface area contributed by atoms with Crippen molar-refractivity contribution in [2.75, 3.05) is 21.0 Å². The molecule has 3 rings (SSSR count). The number of nitrogens with zero attached hydrogens (tertiary/aromatic N) is 1. The van der Waals surface area contributed by atoms with Gasteiger partial charge in [0.25, 0.3) is 0 Å². The molecule has 0 N–H and O–H groups in total. The molecule has 5 nitrogen and oxygen atoms in total. The van der Waals surface area contributed by atoms with E-state index in [1.54, 1.807) is 25.1 Å². The number of aryl methyl sites for hydroxylation is 1. The Hall–Kier alpha value is -2.42. The highest BCUT2D eigenvalue weighted by molar-refractivity contribution is 9.10. The van der Waals surface area contributed by atoms with E-state index >= 15 is 0 Å². The lowest BCUT2D eigenvalue weighted by molar-refractivity contribution is 0.0511. The van der Waals surface area contributed by atoms with E-state index in [2.05, 4.69) is 15.9 Å². The van der Waals surface area contributed by atoms with Crippen LogP contribution in [0.4, 0.5) is 8.78 Å². The Bertz CT molecular complexity index is 1140. The lowest BCUT2D eigenvalue weighted by Gasteiger charge is -2.20. The van der Waals surface area contributed by atoms with Gasteiger partial charge in [-0.2, -0.15) is 0 Å². The first-order valence-electron chi connectivity index (χ1n) is 8.65. The van der Waals surface area contributed by atoms with E-state index in [9.17, 15) is 13.6 Å². The third-order valence-electron chi connectivity index (χ3n) is 4.38. The molecule has 0 spiro atoms. The molecule has 1 aromatic heterocycles. The Labute approximate surface area is 184 Å². The molecule has 0 aliphatic heterocycles. The van der Waals surface area contributed by atoms with Crippen LogP contribution in [0.2, 0.25) is 5.02 Å². The molecule has 158 valence electrons. The standard InChI is InChI=1S/C21H17BrClF2NO4/c1-11-4-5-12(30-10-28-2)8-17(11)26-9-14(22)21(27)19(23)20(26)18-15(24)6-13(29-3)7-16(18)25/h4-9H,10H2,1-3H3. The van der Waals surface area contributed by atoms with E-state index in [0.29, 0.717) is 11.4 Å². The first kappa shape index (κ1) is 22.3. The summed E-state index contributed by atoms with van der Waals surface area (Å²) in [5.41, 5.74) is 0.0854. The minimum atomic E-state index is -0.923. The van der Waals surface area contributed by atoms with Gasteiger partial charge in [-0.1, -0.05) is 17.7 Å². The fourth-order valence-electron chi connectivity index (χ4n) is 2.93.